The summed E-state index contributed by atoms with van der Waals surface area (Å²) in [6, 6.07) is 18.1. The van der Waals surface area contributed by atoms with Crippen molar-refractivity contribution in [2.45, 2.75) is 29.1 Å². The fraction of sp³-hybridized carbons (Fsp3) is 0.364. The van der Waals surface area contributed by atoms with E-state index in [1.54, 1.807) is 24.3 Å². The van der Waals surface area contributed by atoms with Crippen molar-refractivity contribution in [1.82, 2.24) is 0 Å². The number of alkyl halides is 4. The molecule has 0 aliphatic heterocycles. The minimum absolute atomic E-state index is 0.383. The zero-order valence-electron chi connectivity index (χ0n) is 16.2. The first-order valence-corrected chi connectivity index (χ1v) is 10.8. The van der Waals surface area contributed by atoms with Crippen LogP contribution in [0.2, 0.25) is 0 Å². The summed E-state index contributed by atoms with van der Waals surface area (Å²) in [6.07, 6.45) is -1.10. The molecule has 1 saturated carbocycles. The molecule has 0 radical (unpaired) electrons. The monoisotopic (exact) mass is 485 g/mol. The number of benzene rings is 2. The SMILES string of the molecule is CC1(C)[C@H](C(=O)OC(C#N)c2cccc(Oc3ccccc3)c2)[C@@H]1C(Cl)C(Cl)(Cl)Cl. The third kappa shape index (κ3) is 4.98. The number of carbonyl (C=O) groups is 1. The molecular formula is C22H19Cl4NO3. The molecule has 158 valence electrons. The number of rotatable bonds is 6. The standard InChI is InChI=1S/C22H19Cl4NO3/c1-21(2)17(19(23)22(24,25)26)18(21)20(28)30-16(12-27)13-7-6-10-15(11-13)29-14-8-4-3-5-9-14/h3-11,16-19H,1-2H3/t16?,17-,18+,19?/m1/s1. The molecule has 4 atom stereocenters. The molecule has 30 heavy (non-hydrogen) atoms. The van der Waals surface area contributed by atoms with Gasteiger partial charge in [0.1, 0.15) is 17.6 Å². The first-order chi connectivity index (χ1) is 14.1. The summed E-state index contributed by atoms with van der Waals surface area (Å²) in [5.41, 5.74) is -0.0100. The number of nitrogens with zero attached hydrogens (tertiary/aromatic N) is 1. The Balaban J connectivity index is 1.72. The number of para-hydroxylation sites is 1. The van der Waals surface area contributed by atoms with E-state index in [4.69, 9.17) is 55.9 Å². The van der Waals surface area contributed by atoms with Crippen LogP contribution in [0.4, 0.5) is 0 Å². The third-order valence-corrected chi connectivity index (χ3v) is 6.92. The molecule has 2 aromatic rings. The lowest BCUT2D eigenvalue weighted by molar-refractivity contribution is -0.149. The summed E-state index contributed by atoms with van der Waals surface area (Å²) in [5.74, 6) is -0.327. The highest BCUT2D eigenvalue weighted by Crippen LogP contribution is 2.64. The van der Waals surface area contributed by atoms with Crippen LogP contribution in [0, 0.1) is 28.6 Å². The lowest BCUT2D eigenvalue weighted by atomic mass is 10.1. The summed E-state index contributed by atoms with van der Waals surface area (Å²) in [7, 11) is 0. The minimum Gasteiger partial charge on any atom is -0.457 e. The zero-order valence-corrected chi connectivity index (χ0v) is 19.2. The van der Waals surface area contributed by atoms with Crippen molar-refractivity contribution in [1.29, 1.82) is 5.26 Å². The number of nitriles is 1. The maximum Gasteiger partial charge on any atom is 0.311 e. The highest BCUT2D eigenvalue weighted by molar-refractivity contribution is 6.70. The van der Waals surface area contributed by atoms with Gasteiger partial charge in [-0.25, -0.2) is 0 Å². The summed E-state index contributed by atoms with van der Waals surface area (Å²) >= 11 is 24.0. The molecule has 0 bridgehead atoms. The van der Waals surface area contributed by atoms with Gasteiger partial charge in [0.25, 0.3) is 0 Å². The Kier molecular flexibility index (Phi) is 6.79. The van der Waals surface area contributed by atoms with Gasteiger partial charge in [0, 0.05) is 5.56 Å². The topological polar surface area (TPSA) is 59.3 Å². The smallest absolute Gasteiger partial charge is 0.311 e. The summed E-state index contributed by atoms with van der Waals surface area (Å²) in [6.45, 7) is 3.70. The van der Waals surface area contributed by atoms with Gasteiger partial charge in [-0.05, 0) is 35.6 Å². The maximum absolute atomic E-state index is 12.8. The van der Waals surface area contributed by atoms with Gasteiger partial charge in [-0.3, -0.25) is 4.79 Å². The molecule has 0 aromatic heterocycles. The molecule has 0 saturated heterocycles. The largest absolute Gasteiger partial charge is 0.457 e. The number of carbonyl (C=O) groups excluding carboxylic acids is 1. The van der Waals surface area contributed by atoms with Gasteiger partial charge in [-0.2, -0.15) is 5.26 Å². The second-order valence-corrected chi connectivity index (χ2v) is 10.5. The lowest BCUT2D eigenvalue weighted by Gasteiger charge is -2.19. The average Bonchev–Trinajstić information content (AvgIpc) is 3.27. The number of halogens is 4. The van der Waals surface area contributed by atoms with Gasteiger partial charge in [-0.1, -0.05) is 79.0 Å². The number of hydrogen-bond acceptors (Lipinski definition) is 4. The number of ether oxygens (including phenoxy) is 2. The Morgan fingerprint density at radius 2 is 1.73 bits per heavy atom. The molecule has 2 unspecified atom stereocenters. The predicted molar refractivity (Wildman–Crippen MR) is 118 cm³/mol. The second-order valence-electron chi connectivity index (χ2n) is 7.70. The van der Waals surface area contributed by atoms with Crippen molar-refractivity contribution < 1.29 is 14.3 Å². The quantitative estimate of drug-likeness (QED) is 0.331. The van der Waals surface area contributed by atoms with Crippen LogP contribution in [0.25, 0.3) is 0 Å². The van der Waals surface area contributed by atoms with E-state index in [0.717, 1.165) is 0 Å². The number of hydrogen-bond donors (Lipinski definition) is 0. The molecule has 0 N–H and O–H groups in total. The van der Waals surface area contributed by atoms with Gasteiger partial charge in [0.05, 0.1) is 11.3 Å². The van der Waals surface area contributed by atoms with Gasteiger partial charge >= 0.3 is 5.97 Å². The van der Waals surface area contributed by atoms with Crippen LogP contribution in [0.3, 0.4) is 0 Å². The van der Waals surface area contributed by atoms with E-state index in [1.807, 2.05) is 50.2 Å². The van der Waals surface area contributed by atoms with Crippen LogP contribution < -0.4 is 4.74 Å². The molecule has 3 rings (SSSR count). The Bertz CT molecular complexity index is 953. The molecule has 2 aromatic carbocycles. The zero-order chi connectivity index (χ0) is 22.1. The lowest BCUT2D eigenvalue weighted by Crippen LogP contribution is -2.25. The fourth-order valence-corrected chi connectivity index (χ4v) is 4.48. The Morgan fingerprint density at radius 3 is 2.33 bits per heavy atom. The third-order valence-electron chi connectivity index (χ3n) is 5.28. The van der Waals surface area contributed by atoms with E-state index >= 15 is 0 Å². The normalized spacial score (nSPS) is 21.8. The molecular weight excluding hydrogens is 468 g/mol. The fourth-order valence-electron chi connectivity index (χ4n) is 3.60. The highest BCUT2D eigenvalue weighted by atomic mass is 35.6. The van der Waals surface area contributed by atoms with E-state index in [-0.39, 0.29) is 5.92 Å². The second kappa shape index (κ2) is 8.85. The van der Waals surface area contributed by atoms with E-state index in [9.17, 15) is 10.1 Å². The van der Waals surface area contributed by atoms with E-state index < -0.39 is 32.6 Å². The number of esters is 1. The van der Waals surface area contributed by atoms with Crippen LogP contribution in [-0.4, -0.2) is 15.1 Å². The molecule has 1 fully saturated rings. The first-order valence-electron chi connectivity index (χ1n) is 9.19. The minimum atomic E-state index is -1.71. The Labute approximate surface area is 195 Å². The maximum atomic E-state index is 12.8. The predicted octanol–water partition coefficient (Wildman–Crippen LogP) is 6.84. The first kappa shape index (κ1) is 23.0. The van der Waals surface area contributed by atoms with E-state index in [1.165, 1.54) is 0 Å². The van der Waals surface area contributed by atoms with Crippen LogP contribution in [-0.2, 0) is 9.53 Å². The van der Waals surface area contributed by atoms with Gasteiger partial charge in [0.15, 0.2) is 0 Å². The Hall–Kier alpha value is -1.64. The van der Waals surface area contributed by atoms with Crippen molar-refractivity contribution in [3.8, 4) is 17.6 Å². The van der Waals surface area contributed by atoms with Crippen LogP contribution >= 0.6 is 46.4 Å². The van der Waals surface area contributed by atoms with E-state index in [0.29, 0.717) is 17.1 Å². The van der Waals surface area contributed by atoms with Crippen LogP contribution in [0.15, 0.2) is 54.6 Å². The van der Waals surface area contributed by atoms with E-state index in [2.05, 4.69) is 0 Å². The molecule has 0 heterocycles. The summed E-state index contributed by atoms with van der Waals surface area (Å²) < 4.78 is 9.57. The van der Waals surface area contributed by atoms with Crippen LogP contribution in [0.5, 0.6) is 11.5 Å². The van der Waals surface area contributed by atoms with Gasteiger partial charge in [-0.15, -0.1) is 11.6 Å². The van der Waals surface area contributed by atoms with Crippen molar-refractivity contribution >= 4 is 52.4 Å². The van der Waals surface area contributed by atoms with Crippen molar-refractivity contribution in [3.05, 3.63) is 60.2 Å². The van der Waals surface area contributed by atoms with Crippen LogP contribution in [0.1, 0.15) is 25.5 Å². The van der Waals surface area contributed by atoms with Gasteiger partial charge in [0.2, 0.25) is 9.90 Å². The summed E-state index contributed by atoms with van der Waals surface area (Å²) in [4.78, 5) is 12.8. The summed E-state index contributed by atoms with van der Waals surface area (Å²) in [5, 5.41) is 8.73. The van der Waals surface area contributed by atoms with Gasteiger partial charge < -0.3 is 9.47 Å². The molecule has 4 nitrogen and oxygen atoms in total. The van der Waals surface area contributed by atoms with Crippen molar-refractivity contribution in [2.24, 2.45) is 17.3 Å². The van der Waals surface area contributed by atoms with Crippen molar-refractivity contribution in [3.63, 3.8) is 0 Å². The molecule has 1 aliphatic rings. The molecule has 0 spiro atoms. The molecule has 1 aliphatic carbocycles. The molecule has 0 amide bonds. The molecule has 8 heteroatoms. The average molecular weight is 487 g/mol. The highest BCUT2D eigenvalue weighted by Gasteiger charge is 2.68. The Morgan fingerprint density at radius 1 is 1.10 bits per heavy atom. The van der Waals surface area contributed by atoms with Crippen molar-refractivity contribution in [2.75, 3.05) is 0 Å².